The molecule has 2 atom stereocenters. The van der Waals surface area contributed by atoms with Gasteiger partial charge >= 0.3 is 5.63 Å². The van der Waals surface area contributed by atoms with Gasteiger partial charge in [0.25, 0.3) is 0 Å². The van der Waals surface area contributed by atoms with Gasteiger partial charge in [-0.15, -0.1) is 0 Å². The van der Waals surface area contributed by atoms with Gasteiger partial charge in [0.15, 0.2) is 0 Å². The number of benzene rings is 2. The van der Waals surface area contributed by atoms with Crippen LogP contribution in [0.15, 0.2) is 69.0 Å². The summed E-state index contributed by atoms with van der Waals surface area (Å²) in [5, 5.41) is 24.4. The van der Waals surface area contributed by atoms with Crippen LogP contribution in [0.2, 0.25) is 0 Å². The third kappa shape index (κ3) is 3.77. The van der Waals surface area contributed by atoms with Crippen molar-refractivity contribution in [2.75, 3.05) is 20.6 Å². The minimum Gasteiger partial charge on any atom is -0.507 e. The lowest BCUT2D eigenvalue weighted by atomic mass is 9.78. The minimum absolute atomic E-state index is 0.102. The van der Waals surface area contributed by atoms with Crippen molar-refractivity contribution in [1.82, 2.24) is 4.90 Å². The van der Waals surface area contributed by atoms with Crippen molar-refractivity contribution in [3.05, 3.63) is 76.1 Å². The van der Waals surface area contributed by atoms with Crippen molar-refractivity contribution in [2.24, 2.45) is 11.1 Å². The van der Waals surface area contributed by atoms with E-state index in [2.05, 4.69) is 5.16 Å². The SMILES string of the molecule is C/C(=N/O)[C@H](CN(C)C)[C@@H](c1ccccc1)c1c(O)c2ccccc2oc1=O. The first-order valence-corrected chi connectivity index (χ1v) is 9.07. The number of hydrogen-bond donors (Lipinski definition) is 2. The molecule has 2 N–H and O–H groups in total. The van der Waals surface area contributed by atoms with Crippen LogP contribution in [0.4, 0.5) is 0 Å². The molecule has 0 spiro atoms. The molecule has 2 aromatic carbocycles. The van der Waals surface area contributed by atoms with Crippen LogP contribution < -0.4 is 5.63 Å². The molecule has 0 aliphatic carbocycles. The molecule has 3 aromatic rings. The lowest BCUT2D eigenvalue weighted by Crippen LogP contribution is -2.34. The van der Waals surface area contributed by atoms with Gasteiger partial charge in [0, 0.05) is 18.4 Å². The van der Waals surface area contributed by atoms with Crippen LogP contribution in [0, 0.1) is 5.92 Å². The normalized spacial score (nSPS) is 14.4. The highest BCUT2D eigenvalue weighted by Crippen LogP contribution is 2.39. The summed E-state index contributed by atoms with van der Waals surface area (Å²) in [5.41, 5.74) is 1.20. The van der Waals surface area contributed by atoms with Crippen LogP contribution in [-0.2, 0) is 0 Å². The standard InChI is InChI=1S/C22H24N2O4/c1-14(23-27)17(13-24(2)3)19(15-9-5-4-6-10-15)20-21(25)16-11-7-8-12-18(16)28-22(20)26/h4-12,17,19,25,27H,13H2,1-3H3/b23-14-/t17-,19+/m0/s1. The topological polar surface area (TPSA) is 86.3 Å². The quantitative estimate of drug-likeness (QED) is 0.295. The smallest absolute Gasteiger partial charge is 0.343 e. The third-order valence-corrected chi connectivity index (χ3v) is 4.95. The number of rotatable bonds is 6. The fourth-order valence-electron chi connectivity index (χ4n) is 3.63. The predicted octanol–water partition coefficient (Wildman–Crippen LogP) is 3.66. The lowest BCUT2D eigenvalue weighted by Gasteiger charge is -2.29. The lowest BCUT2D eigenvalue weighted by molar-refractivity contribution is 0.301. The van der Waals surface area contributed by atoms with E-state index in [0.29, 0.717) is 23.2 Å². The molecule has 0 aliphatic rings. The van der Waals surface area contributed by atoms with Crippen LogP contribution in [0.5, 0.6) is 5.75 Å². The van der Waals surface area contributed by atoms with E-state index in [1.807, 2.05) is 49.3 Å². The molecule has 6 heteroatoms. The molecule has 0 amide bonds. The van der Waals surface area contributed by atoms with E-state index in [-0.39, 0.29) is 17.2 Å². The maximum absolute atomic E-state index is 12.9. The fourth-order valence-corrected chi connectivity index (χ4v) is 3.63. The van der Waals surface area contributed by atoms with Gasteiger partial charge in [-0.3, -0.25) is 0 Å². The molecular formula is C22H24N2O4. The second-order valence-corrected chi connectivity index (χ2v) is 7.15. The summed E-state index contributed by atoms with van der Waals surface area (Å²) in [6, 6.07) is 16.3. The molecule has 28 heavy (non-hydrogen) atoms. The maximum atomic E-state index is 12.9. The summed E-state index contributed by atoms with van der Waals surface area (Å²) in [6.45, 7) is 2.23. The summed E-state index contributed by atoms with van der Waals surface area (Å²) < 4.78 is 5.51. The average Bonchev–Trinajstić information content (AvgIpc) is 2.69. The molecule has 0 unspecified atom stereocenters. The monoisotopic (exact) mass is 380 g/mol. The van der Waals surface area contributed by atoms with E-state index in [0.717, 1.165) is 5.56 Å². The Kier molecular flexibility index (Phi) is 5.80. The van der Waals surface area contributed by atoms with E-state index in [9.17, 15) is 15.1 Å². The van der Waals surface area contributed by atoms with Crippen molar-refractivity contribution in [2.45, 2.75) is 12.8 Å². The Labute approximate surface area is 163 Å². The Morgan fingerprint density at radius 3 is 2.39 bits per heavy atom. The van der Waals surface area contributed by atoms with E-state index < -0.39 is 11.5 Å². The summed E-state index contributed by atoms with van der Waals surface area (Å²) >= 11 is 0. The molecule has 0 aliphatic heterocycles. The molecule has 1 aromatic heterocycles. The number of fused-ring (bicyclic) bond motifs is 1. The third-order valence-electron chi connectivity index (χ3n) is 4.95. The summed E-state index contributed by atoms with van der Waals surface area (Å²) in [5.74, 6) is -0.993. The molecule has 6 nitrogen and oxygen atoms in total. The zero-order valence-corrected chi connectivity index (χ0v) is 16.2. The molecule has 3 rings (SSSR count). The Balaban J connectivity index is 2.32. The van der Waals surface area contributed by atoms with Crippen LogP contribution in [0.25, 0.3) is 11.0 Å². The van der Waals surface area contributed by atoms with E-state index in [1.165, 1.54) is 0 Å². The van der Waals surface area contributed by atoms with E-state index in [1.54, 1.807) is 31.2 Å². The molecule has 0 radical (unpaired) electrons. The van der Waals surface area contributed by atoms with Gasteiger partial charge in [-0.2, -0.15) is 0 Å². The average molecular weight is 380 g/mol. The highest BCUT2D eigenvalue weighted by Gasteiger charge is 2.33. The van der Waals surface area contributed by atoms with Crippen LogP contribution >= 0.6 is 0 Å². The molecule has 0 fully saturated rings. The second-order valence-electron chi connectivity index (χ2n) is 7.15. The summed E-state index contributed by atoms with van der Waals surface area (Å²) in [4.78, 5) is 14.9. The highest BCUT2D eigenvalue weighted by molar-refractivity contribution is 5.87. The highest BCUT2D eigenvalue weighted by atomic mass is 16.4. The number of hydrogen-bond acceptors (Lipinski definition) is 6. The molecule has 0 bridgehead atoms. The zero-order chi connectivity index (χ0) is 20.3. The van der Waals surface area contributed by atoms with Crippen LogP contribution in [0.3, 0.4) is 0 Å². The van der Waals surface area contributed by atoms with Gasteiger partial charge in [-0.1, -0.05) is 47.6 Å². The minimum atomic E-state index is -0.598. The zero-order valence-electron chi connectivity index (χ0n) is 16.2. The van der Waals surface area contributed by atoms with Crippen molar-refractivity contribution in [3.8, 4) is 5.75 Å². The summed E-state index contributed by atoms with van der Waals surface area (Å²) in [7, 11) is 3.81. The number of oxime groups is 1. The molecule has 0 saturated carbocycles. The fraction of sp³-hybridized carbons (Fsp3) is 0.273. The van der Waals surface area contributed by atoms with Crippen LogP contribution in [-0.4, -0.2) is 41.6 Å². The largest absolute Gasteiger partial charge is 0.507 e. The maximum Gasteiger partial charge on any atom is 0.343 e. The molecule has 1 heterocycles. The van der Waals surface area contributed by atoms with Crippen LogP contribution in [0.1, 0.15) is 24.0 Å². The first-order valence-electron chi connectivity index (χ1n) is 9.07. The van der Waals surface area contributed by atoms with Gasteiger partial charge in [-0.25, -0.2) is 4.79 Å². The van der Waals surface area contributed by atoms with E-state index >= 15 is 0 Å². The van der Waals surface area contributed by atoms with Crippen molar-refractivity contribution >= 4 is 16.7 Å². The van der Waals surface area contributed by atoms with Gasteiger partial charge in [0.1, 0.15) is 11.3 Å². The Bertz CT molecular complexity index is 1040. The number of nitrogens with zero attached hydrogens (tertiary/aromatic N) is 2. The van der Waals surface area contributed by atoms with Gasteiger partial charge in [-0.05, 0) is 38.7 Å². The molecular weight excluding hydrogens is 356 g/mol. The Hall–Kier alpha value is -3.12. The van der Waals surface area contributed by atoms with Gasteiger partial charge in [0.2, 0.25) is 0 Å². The first kappa shape index (κ1) is 19.6. The second kappa shape index (κ2) is 8.27. The first-order chi connectivity index (χ1) is 13.4. The predicted molar refractivity (Wildman–Crippen MR) is 109 cm³/mol. The van der Waals surface area contributed by atoms with Crippen molar-refractivity contribution < 1.29 is 14.7 Å². The van der Waals surface area contributed by atoms with Crippen molar-refractivity contribution in [1.29, 1.82) is 0 Å². The number of para-hydroxylation sites is 1. The van der Waals surface area contributed by atoms with Gasteiger partial charge in [0.05, 0.1) is 16.7 Å². The molecule has 0 saturated heterocycles. The van der Waals surface area contributed by atoms with Gasteiger partial charge < -0.3 is 19.6 Å². The summed E-state index contributed by atoms with van der Waals surface area (Å²) in [6.07, 6.45) is 0. The Morgan fingerprint density at radius 1 is 1.11 bits per heavy atom. The number of aromatic hydroxyl groups is 1. The molecule has 146 valence electrons. The Morgan fingerprint density at radius 2 is 1.75 bits per heavy atom. The van der Waals surface area contributed by atoms with E-state index in [4.69, 9.17) is 4.42 Å². The van der Waals surface area contributed by atoms with Crippen molar-refractivity contribution in [3.63, 3.8) is 0 Å².